The second-order valence-electron chi connectivity index (χ2n) is 5.98. The number of rotatable bonds is 6. The Labute approximate surface area is 165 Å². The molecule has 7 heteroatoms. The summed E-state index contributed by atoms with van der Waals surface area (Å²) in [5.74, 6) is -1.01. The Balaban J connectivity index is 2.33. The van der Waals surface area contributed by atoms with Crippen molar-refractivity contribution in [2.45, 2.75) is 19.3 Å². The van der Waals surface area contributed by atoms with Gasteiger partial charge in [-0.2, -0.15) is 0 Å². The molecule has 1 heterocycles. The quantitative estimate of drug-likeness (QED) is 0.450. The van der Waals surface area contributed by atoms with E-state index >= 15 is 0 Å². The van der Waals surface area contributed by atoms with Gasteiger partial charge in [0.15, 0.2) is 0 Å². The van der Waals surface area contributed by atoms with E-state index in [1.807, 2.05) is 6.07 Å². The number of aromatic amines is 1. The molecule has 4 N–H and O–H groups in total. The number of benzene rings is 2. The Bertz CT molecular complexity index is 983. The maximum atomic E-state index is 11.8. The van der Waals surface area contributed by atoms with Crippen molar-refractivity contribution in [2.75, 3.05) is 6.54 Å². The summed E-state index contributed by atoms with van der Waals surface area (Å²) in [4.78, 5) is 15.0. The summed E-state index contributed by atoms with van der Waals surface area (Å²) in [5, 5.41) is 11.5. The Hall–Kier alpha value is -1.72. The fraction of sp³-hybridized carbons (Fsp3) is 0.211. The van der Waals surface area contributed by atoms with Crippen LogP contribution in [0.2, 0.25) is 15.1 Å². The number of aryl methyl sites for hydroxylation is 1. The van der Waals surface area contributed by atoms with Gasteiger partial charge >= 0.3 is 5.97 Å². The van der Waals surface area contributed by atoms with Gasteiger partial charge < -0.3 is 15.8 Å². The van der Waals surface area contributed by atoms with Crippen molar-refractivity contribution in [3.05, 3.63) is 56.5 Å². The van der Waals surface area contributed by atoms with Gasteiger partial charge in [-0.05, 0) is 49.6 Å². The number of carboxylic acid groups (broad SMARTS) is 1. The average Bonchev–Trinajstić information content (AvgIpc) is 2.98. The highest BCUT2D eigenvalue weighted by molar-refractivity contribution is 6.43. The van der Waals surface area contributed by atoms with Crippen LogP contribution in [0.3, 0.4) is 0 Å². The van der Waals surface area contributed by atoms with E-state index in [9.17, 15) is 9.90 Å². The molecule has 4 nitrogen and oxygen atoms in total. The van der Waals surface area contributed by atoms with Crippen LogP contribution in [0.4, 0.5) is 0 Å². The van der Waals surface area contributed by atoms with E-state index in [0.717, 1.165) is 24.1 Å². The molecule has 0 fully saturated rings. The molecular weight excluding hydrogens is 395 g/mol. The maximum Gasteiger partial charge on any atom is 0.336 e. The molecule has 3 rings (SSSR count). The number of nitrogens with one attached hydrogen (secondary N) is 1. The molecular formula is C19H17Cl3N2O2. The summed E-state index contributed by atoms with van der Waals surface area (Å²) in [7, 11) is 0. The molecule has 0 saturated carbocycles. The molecule has 0 amide bonds. The lowest BCUT2D eigenvalue weighted by atomic mass is 9.97. The zero-order chi connectivity index (χ0) is 18.8. The summed E-state index contributed by atoms with van der Waals surface area (Å²) in [6, 6.07) is 8.46. The highest BCUT2D eigenvalue weighted by Gasteiger charge is 2.22. The van der Waals surface area contributed by atoms with E-state index < -0.39 is 5.97 Å². The molecule has 0 aliphatic heterocycles. The largest absolute Gasteiger partial charge is 0.478 e. The molecule has 0 radical (unpaired) electrons. The smallest absolute Gasteiger partial charge is 0.336 e. The topological polar surface area (TPSA) is 79.1 Å². The fourth-order valence-corrected chi connectivity index (χ4v) is 3.74. The van der Waals surface area contributed by atoms with Crippen LogP contribution < -0.4 is 5.73 Å². The second-order valence-corrected chi connectivity index (χ2v) is 7.17. The minimum Gasteiger partial charge on any atom is -0.478 e. The highest BCUT2D eigenvalue weighted by atomic mass is 35.5. The Morgan fingerprint density at radius 1 is 1.08 bits per heavy atom. The van der Waals surface area contributed by atoms with Gasteiger partial charge in [-0.15, -0.1) is 0 Å². The first-order valence-electron chi connectivity index (χ1n) is 8.16. The number of H-pyrrole nitrogens is 1. The molecule has 3 aromatic rings. The van der Waals surface area contributed by atoms with Gasteiger partial charge in [0, 0.05) is 10.9 Å². The van der Waals surface area contributed by atoms with Crippen LogP contribution in [-0.2, 0) is 6.42 Å². The van der Waals surface area contributed by atoms with Crippen LogP contribution in [0.15, 0.2) is 30.3 Å². The van der Waals surface area contributed by atoms with Crippen LogP contribution in [-0.4, -0.2) is 22.6 Å². The second kappa shape index (κ2) is 7.89. The highest BCUT2D eigenvalue weighted by Crippen LogP contribution is 2.40. The molecule has 2 aromatic carbocycles. The Morgan fingerprint density at radius 2 is 1.85 bits per heavy atom. The van der Waals surface area contributed by atoms with Gasteiger partial charge in [0.25, 0.3) is 0 Å². The normalized spacial score (nSPS) is 11.2. The number of aromatic carboxylic acids is 1. The summed E-state index contributed by atoms with van der Waals surface area (Å²) in [6.45, 7) is 0.572. The lowest BCUT2D eigenvalue weighted by molar-refractivity contribution is 0.0699. The fourth-order valence-electron chi connectivity index (χ4n) is 3.14. The third-order valence-corrected chi connectivity index (χ3v) is 5.47. The minimum absolute atomic E-state index is 0.202. The van der Waals surface area contributed by atoms with Crippen molar-refractivity contribution < 1.29 is 9.90 Å². The van der Waals surface area contributed by atoms with Gasteiger partial charge in [0.05, 0.1) is 31.8 Å². The minimum atomic E-state index is -1.01. The van der Waals surface area contributed by atoms with Crippen molar-refractivity contribution in [1.29, 1.82) is 0 Å². The van der Waals surface area contributed by atoms with Gasteiger partial charge in [0.1, 0.15) is 0 Å². The molecule has 26 heavy (non-hydrogen) atoms. The van der Waals surface area contributed by atoms with E-state index in [2.05, 4.69) is 4.98 Å². The van der Waals surface area contributed by atoms with Crippen molar-refractivity contribution in [1.82, 2.24) is 4.98 Å². The lowest BCUT2D eigenvalue weighted by Crippen LogP contribution is -2.01. The van der Waals surface area contributed by atoms with E-state index in [4.69, 9.17) is 40.5 Å². The summed E-state index contributed by atoms with van der Waals surface area (Å²) < 4.78 is 0. The average molecular weight is 412 g/mol. The zero-order valence-electron chi connectivity index (χ0n) is 13.8. The van der Waals surface area contributed by atoms with E-state index in [1.165, 1.54) is 6.07 Å². The van der Waals surface area contributed by atoms with E-state index in [-0.39, 0.29) is 5.56 Å². The number of halogens is 3. The molecule has 0 unspecified atom stereocenters. The van der Waals surface area contributed by atoms with Gasteiger partial charge in [-0.25, -0.2) is 4.79 Å². The predicted octanol–water partition coefficient (Wildman–Crippen LogP) is 5.77. The van der Waals surface area contributed by atoms with Crippen molar-refractivity contribution in [3.8, 4) is 11.3 Å². The number of carboxylic acids is 1. The van der Waals surface area contributed by atoms with Crippen LogP contribution in [0.5, 0.6) is 0 Å². The molecule has 0 saturated heterocycles. The number of nitrogens with two attached hydrogens (primary N) is 1. The number of hydrogen-bond donors (Lipinski definition) is 3. The number of fused-ring (bicyclic) bond motifs is 1. The first kappa shape index (κ1) is 19.1. The lowest BCUT2D eigenvalue weighted by Gasteiger charge is -2.09. The third-order valence-electron chi connectivity index (χ3n) is 4.34. The van der Waals surface area contributed by atoms with Crippen LogP contribution in [0.1, 0.15) is 28.8 Å². The van der Waals surface area contributed by atoms with Crippen LogP contribution in [0, 0.1) is 0 Å². The van der Waals surface area contributed by atoms with Gasteiger partial charge in [-0.3, -0.25) is 0 Å². The standard InChI is InChI=1S/C19H17Cl3N2O2/c20-13-6-3-5-12(16(13)22)17-10(4-1-2-9-23)15-11(19(25)26)7-8-14(21)18(15)24-17/h3,5-8,24H,1-2,4,9,23H2,(H,25,26). The molecule has 0 atom stereocenters. The SMILES string of the molecule is NCCCCc1c(-c2cccc(Cl)c2Cl)[nH]c2c(Cl)ccc(C(=O)O)c12. The monoisotopic (exact) mass is 410 g/mol. The predicted molar refractivity (Wildman–Crippen MR) is 108 cm³/mol. The molecule has 136 valence electrons. The number of carbonyl (C=O) groups is 1. The van der Waals surface area contributed by atoms with Crippen LogP contribution in [0.25, 0.3) is 22.2 Å². The maximum absolute atomic E-state index is 11.8. The molecule has 0 aliphatic carbocycles. The number of unbranched alkanes of at least 4 members (excludes halogenated alkanes) is 1. The third kappa shape index (κ3) is 3.42. The van der Waals surface area contributed by atoms with Crippen molar-refractivity contribution >= 4 is 51.7 Å². The Morgan fingerprint density at radius 3 is 2.54 bits per heavy atom. The summed E-state index contributed by atoms with van der Waals surface area (Å²) in [6.07, 6.45) is 2.30. The van der Waals surface area contributed by atoms with Gasteiger partial charge in [0.2, 0.25) is 0 Å². The molecule has 1 aromatic heterocycles. The first-order chi connectivity index (χ1) is 12.5. The van der Waals surface area contributed by atoms with Crippen molar-refractivity contribution in [3.63, 3.8) is 0 Å². The first-order valence-corrected chi connectivity index (χ1v) is 9.30. The zero-order valence-corrected chi connectivity index (χ0v) is 16.0. The van der Waals surface area contributed by atoms with Crippen molar-refractivity contribution in [2.24, 2.45) is 5.73 Å². The van der Waals surface area contributed by atoms with E-state index in [1.54, 1.807) is 18.2 Å². The molecule has 0 spiro atoms. The number of aromatic nitrogens is 1. The molecule has 0 aliphatic rings. The summed E-state index contributed by atoms with van der Waals surface area (Å²) >= 11 is 18.9. The number of hydrogen-bond acceptors (Lipinski definition) is 2. The Kier molecular flexibility index (Phi) is 5.78. The summed E-state index contributed by atoms with van der Waals surface area (Å²) in [5.41, 5.74) is 8.71. The van der Waals surface area contributed by atoms with Gasteiger partial charge in [-0.1, -0.05) is 46.9 Å². The van der Waals surface area contributed by atoms with E-state index in [0.29, 0.717) is 44.5 Å². The molecule has 0 bridgehead atoms. The van der Waals surface area contributed by atoms with Crippen LogP contribution >= 0.6 is 34.8 Å².